The van der Waals surface area contributed by atoms with E-state index in [9.17, 15) is 39.6 Å². The van der Waals surface area contributed by atoms with Gasteiger partial charge in [0.25, 0.3) is 5.91 Å². The number of carbonyl (C=O) groups is 4. The fourth-order valence-electron chi connectivity index (χ4n) is 5.84. The zero-order valence-corrected chi connectivity index (χ0v) is 19.6. The molecular formula is C27H24N2O8. The molecule has 0 spiro atoms. The average Bonchev–Trinajstić information content (AvgIpc) is 2.86. The number of hydrogen-bond donors (Lipinski definition) is 5. The number of primary amides is 1. The van der Waals surface area contributed by atoms with Crippen molar-refractivity contribution in [3.8, 4) is 5.75 Å². The number of ketones is 3. The molecule has 1 aromatic heterocycles. The summed E-state index contributed by atoms with van der Waals surface area (Å²) in [6.45, 7) is 0. The van der Waals surface area contributed by atoms with Crippen molar-refractivity contribution in [2.24, 2.45) is 17.6 Å². The zero-order chi connectivity index (χ0) is 26.6. The van der Waals surface area contributed by atoms with Crippen molar-refractivity contribution in [3.05, 3.63) is 75.8 Å². The van der Waals surface area contributed by atoms with Crippen molar-refractivity contribution in [3.63, 3.8) is 0 Å². The van der Waals surface area contributed by atoms with Gasteiger partial charge >= 0.3 is 0 Å². The van der Waals surface area contributed by atoms with Crippen LogP contribution in [0.15, 0.2) is 53.6 Å². The summed E-state index contributed by atoms with van der Waals surface area (Å²) < 4.78 is 0. The van der Waals surface area contributed by atoms with Crippen LogP contribution in [-0.4, -0.2) is 54.3 Å². The molecule has 1 aromatic carbocycles. The molecule has 10 nitrogen and oxygen atoms in total. The van der Waals surface area contributed by atoms with Gasteiger partial charge < -0.3 is 26.2 Å². The number of aliphatic hydroxyl groups excluding tert-OH is 2. The monoisotopic (exact) mass is 504 g/mol. The highest BCUT2D eigenvalue weighted by Gasteiger charge is 2.60. The molecule has 0 bridgehead atoms. The SMILES string of the molecule is NC(=O)C1=C(O)[C@@]2(O)C(=O)C3=C(O)c4c(O)ccc(CCC(=O)c5cccnc5)c4C[C@H]3C[C@H]2CC1=O. The number of aryl methyl sites for hydroxylation is 1. The van der Waals surface area contributed by atoms with Crippen molar-refractivity contribution in [1.29, 1.82) is 0 Å². The van der Waals surface area contributed by atoms with Crippen molar-refractivity contribution in [1.82, 2.24) is 4.98 Å². The first-order chi connectivity index (χ1) is 17.6. The highest BCUT2D eigenvalue weighted by atomic mass is 16.3. The molecule has 3 aliphatic carbocycles. The summed E-state index contributed by atoms with van der Waals surface area (Å²) in [5, 5.41) is 43.6. The largest absolute Gasteiger partial charge is 0.508 e. The van der Waals surface area contributed by atoms with Gasteiger partial charge in [-0.05, 0) is 54.5 Å². The molecule has 1 fully saturated rings. The van der Waals surface area contributed by atoms with Crippen LogP contribution in [-0.2, 0) is 27.2 Å². The van der Waals surface area contributed by atoms with E-state index >= 15 is 0 Å². The molecule has 0 radical (unpaired) electrons. The molecule has 1 saturated carbocycles. The minimum Gasteiger partial charge on any atom is -0.508 e. The normalized spacial score (nSPS) is 24.9. The lowest BCUT2D eigenvalue weighted by atomic mass is 9.59. The highest BCUT2D eigenvalue weighted by molar-refractivity contribution is 6.22. The lowest BCUT2D eigenvalue weighted by molar-refractivity contribution is -0.147. The molecule has 3 atom stereocenters. The molecule has 3 aliphatic rings. The van der Waals surface area contributed by atoms with Crippen LogP contribution >= 0.6 is 0 Å². The van der Waals surface area contributed by atoms with Gasteiger partial charge in [-0.2, -0.15) is 0 Å². The molecular weight excluding hydrogens is 480 g/mol. The molecule has 0 saturated heterocycles. The van der Waals surface area contributed by atoms with Crippen molar-refractivity contribution in [2.75, 3.05) is 0 Å². The van der Waals surface area contributed by atoms with E-state index in [1.807, 2.05) is 0 Å². The van der Waals surface area contributed by atoms with Gasteiger partial charge in [-0.1, -0.05) is 6.07 Å². The number of nitrogens with zero attached hydrogens (tertiary/aromatic N) is 1. The minimum atomic E-state index is -2.60. The van der Waals surface area contributed by atoms with E-state index < -0.39 is 52.0 Å². The summed E-state index contributed by atoms with van der Waals surface area (Å²) in [5.41, 5.74) is 3.30. The van der Waals surface area contributed by atoms with Crippen molar-refractivity contribution in [2.45, 2.75) is 37.7 Å². The van der Waals surface area contributed by atoms with Crippen molar-refractivity contribution >= 4 is 29.0 Å². The number of hydrogen-bond acceptors (Lipinski definition) is 9. The fraction of sp³-hybridized carbons (Fsp3) is 0.296. The number of nitrogens with two attached hydrogens (primary N) is 1. The molecule has 0 aliphatic heterocycles. The average molecular weight is 504 g/mol. The molecule has 37 heavy (non-hydrogen) atoms. The fourth-order valence-corrected chi connectivity index (χ4v) is 5.84. The van der Waals surface area contributed by atoms with Crippen LogP contribution < -0.4 is 5.73 Å². The molecule has 0 unspecified atom stereocenters. The second kappa shape index (κ2) is 8.67. The molecule has 1 amide bonds. The molecule has 10 heteroatoms. The minimum absolute atomic E-state index is 0.0125. The summed E-state index contributed by atoms with van der Waals surface area (Å²) in [6, 6.07) is 6.33. The summed E-state index contributed by atoms with van der Waals surface area (Å²) in [6.07, 6.45) is 3.35. The van der Waals surface area contributed by atoms with Crippen LogP contribution in [0.25, 0.3) is 5.76 Å². The molecule has 2 aromatic rings. The Morgan fingerprint density at radius 3 is 2.54 bits per heavy atom. The third-order valence-corrected chi connectivity index (χ3v) is 7.65. The smallest absolute Gasteiger partial charge is 0.255 e. The van der Waals surface area contributed by atoms with E-state index in [0.29, 0.717) is 23.1 Å². The number of pyridine rings is 1. The van der Waals surface area contributed by atoms with Gasteiger partial charge in [-0.15, -0.1) is 0 Å². The molecule has 1 heterocycles. The maximum absolute atomic E-state index is 13.5. The van der Waals surface area contributed by atoms with Gasteiger partial charge in [-0.3, -0.25) is 24.2 Å². The van der Waals surface area contributed by atoms with Gasteiger partial charge in [0.2, 0.25) is 5.78 Å². The number of carbonyl (C=O) groups excluding carboxylic acids is 4. The lowest BCUT2D eigenvalue weighted by Crippen LogP contribution is -2.58. The Balaban J connectivity index is 1.55. The van der Waals surface area contributed by atoms with Gasteiger partial charge in [-0.25, -0.2) is 0 Å². The Labute approximate surface area is 210 Å². The summed E-state index contributed by atoms with van der Waals surface area (Å²) in [5.74, 6) is -6.82. The third-order valence-electron chi connectivity index (χ3n) is 7.65. The van der Waals surface area contributed by atoms with Crippen LogP contribution in [0.5, 0.6) is 5.75 Å². The van der Waals surface area contributed by atoms with Gasteiger partial charge in [0.15, 0.2) is 17.2 Å². The van der Waals surface area contributed by atoms with Crippen LogP contribution in [0.4, 0.5) is 0 Å². The van der Waals surface area contributed by atoms with Gasteiger partial charge in [0, 0.05) is 42.3 Å². The van der Waals surface area contributed by atoms with Crippen LogP contribution in [0, 0.1) is 11.8 Å². The van der Waals surface area contributed by atoms with Gasteiger partial charge in [0.1, 0.15) is 22.8 Å². The predicted molar refractivity (Wildman–Crippen MR) is 128 cm³/mol. The number of rotatable bonds is 5. The number of aliphatic hydroxyl groups is 3. The van der Waals surface area contributed by atoms with E-state index in [2.05, 4.69) is 4.98 Å². The Kier molecular flexibility index (Phi) is 5.71. The Bertz CT molecular complexity index is 1440. The molecule has 190 valence electrons. The number of fused-ring (bicyclic) bond motifs is 3. The quantitative estimate of drug-likeness (QED) is 0.298. The number of phenolic OH excluding ortho intramolecular Hbond substituents is 1. The van der Waals surface area contributed by atoms with E-state index in [1.165, 1.54) is 12.3 Å². The Morgan fingerprint density at radius 2 is 1.86 bits per heavy atom. The number of aromatic hydroxyl groups is 1. The number of phenols is 1. The lowest BCUT2D eigenvalue weighted by Gasteiger charge is -2.46. The second-order valence-corrected chi connectivity index (χ2v) is 9.67. The first kappa shape index (κ1) is 24.4. The van der Waals surface area contributed by atoms with E-state index in [-0.39, 0.29) is 48.4 Å². The number of Topliss-reactive ketones (excluding diaryl/α,β-unsaturated/α-hetero) is 3. The van der Waals surface area contributed by atoms with Crippen LogP contribution in [0.1, 0.15) is 46.3 Å². The highest BCUT2D eigenvalue weighted by Crippen LogP contribution is 2.52. The first-order valence-electron chi connectivity index (χ1n) is 11.8. The number of amides is 1. The summed E-state index contributed by atoms with van der Waals surface area (Å²) >= 11 is 0. The summed E-state index contributed by atoms with van der Waals surface area (Å²) in [4.78, 5) is 54.3. The number of benzene rings is 1. The van der Waals surface area contributed by atoms with E-state index in [1.54, 1.807) is 24.4 Å². The second-order valence-electron chi connectivity index (χ2n) is 9.67. The van der Waals surface area contributed by atoms with Crippen LogP contribution in [0.2, 0.25) is 0 Å². The standard InChI is InChI=1S/C27H24N2O8/c28-26(36)22-19(32)10-15-8-14-9-16-12(3-5-17(30)13-2-1-7-29-11-13)4-6-18(31)21(16)23(33)20(14)24(34)27(15,37)25(22)35/h1-2,4,6-7,11,14-15,31,33,35,37H,3,5,8-10H2,(H2,28,36)/t14-,15+,27+/m1/s1. The molecule has 5 rings (SSSR count). The van der Waals surface area contributed by atoms with E-state index in [0.717, 1.165) is 0 Å². The Morgan fingerprint density at radius 1 is 1.11 bits per heavy atom. The van der Waals surface area contributed by atoms with E-state index in [4.69, 9.17) is 5.73 Å². The van der Waals surface area contributed by atoms with Gasteiger partial charge in [0.05, 0.1) is 5.56 Å². The third kappa shape index (κ3) is 3.63. The summed E-state index contributed by atoms with van der Waals surface area (Å²) in [7, 11) is 0. The van der Waals surface area contributed by atoms with Crippen molar-refractivity contribution < 1.29 is 39.6 Å². The first-order valence-corrected chi connectivity index (χ1v) is 11.8. The zero-order valence-electron chi connectivity index (χ0n) is 19.6. The molecule has 6 N–H and O–H groups in total. The Hall–Kier alpha value is -4.31. The number of aromatic nitrogens is 1. The maximum atomic E-state index is 13.5. The predicted octanol–water partition coefficient (Wildman–Crippen LogP) is 1.63. The topological polar surface area (TPSA) is 188 Å². The van der Waals surface area contributed by atoms with Crippen LogP contribution in [0.3, 0.4) is 0 Å². The maximum Gasteiger partial charge on any atom is 0.255 e.